The van der Waals surface area contributed by atoms with Gasteiger partial charge < -0.3 is 10.2 Å². The van der Waals surface area contributed by atoms with E-state index in [0.29, 0.717) is 24.3 Å². The van der Waals surface area contributed by atoms with E-state index in [4.69, 9.17) is 0 Å². The third-order valence-corrected chi connectivity index (χ3v) is 7.01. The number of hydrogen-bond acceptors (Lipinski definition) is 3. The average Bonchev–Trinajstić information content (AvgIpc) is 3.51. The molecule has 0 atom stereocenters. The standard InChI is InChI=1S/C29H26N4O2/c1-18-5-4-7-22(15-18)29(35)33-14-13-21-16-19(9-12-25(21)33)17-30-28(34)27-24-11-10-20-6-2-3-8-23(20)26(24)31-32-27/h2-9,12,15-16H,10-11,13-14,17H2,1H3,(H,30,34)(H,31,32). The maximum absolute atomic E-state index is 13.0. The summed E-state index contributed by atoms with van der Waals surface area (Å²) in [4.78, 5) is 27.9. The molecule has 0 unspecified atom stereocenters. The van der Waals surface area contributed by atoms with Crippen LogP contribution in [0.25, 0.3) is 11.3 Å². The van der Waals surface area contributed by atoms with Gasteiger partial charge in [0.25, 0.3) is 11.8 Å². The summed E-state index contributed by atoms with van der Waals surface area (Å²) in [6.07, 6.45) is 2.52. The molecule has 1 aliphatic carbocycles. The second-order valence-corrected chi connectivity index (χ2v) is 9.30. The number of nitrogens with zero attached hydrogens (tertiary/aromatic N) is 2. The number of nitrogens with one attached hydrogen (secondary N) is 2. The van der Waals surface area contributed by atoms with Crippen molar-refractivity contribution in [1.82, 2.24) is 15.5 Å². The molecule has 2 N–H and O–H groups in total. The van der Waals surface area contributed by atoms with Crippen LogP contribution in [0.15, 0.2) is 66.7 Å². The molecular formula is C29H26N4O2. The Morgan fingerprint density at radius 1 is 0.971 bits per heavy atom. The molecule has 174 valence electrons. The van der Waals surface area contributed by atoms with Crippen molar-refractivity contribution in [2.24, 2.45) is 0 Å². The van der Waals surface area contributed by atoms with Gasteiger partial charge in [-0.1, -0.05) is 54.1 Å². The molecule has 2 heterocycles. The van der Waals surface area contributed by atoms with Crippen molar-refractivity contribution >= 4 is 17.5 Å². The Hall–Kier alpha value is -4.19. The molecule has 0 fully saturated rings. The van der Waals surface area contributed by atoms with Crippen LogP contribution in [0.2, 0.25) is 0 Å². The average molecular weight is 463 g/mol. The number of H-pyrrole nitrogens is 1. The molecule has 2 aliphatic rings. The fourth-order valence-electron chi connectivity index (χ4n) is 5.23. The Kier molecular flexibility index (Phi) is 5.21. The van der Waals surface area contributed by atoms with Gasteiger partial charge in [0.15, 0.2) is 0 Å². The van der Waals surface area contributed by atoms with Crippen LogP contribution in [-0.4, -0.2) is 28.6 Å². The molecule has 3 aromatic carbocycles. The Morgan fingerprint density at radius 3 is 2.74 bits per heavy atom. The smallest absolute Gasteiger partial charge is 0.269 e. The van der Waals surface area contributed by atoms with E-state index in [-0.39, 0.29) is 11.8 Å². The molecule has 0 radical (unpaired) electrons. The molecule has 6 heteroatoms. The number of fused-ring (bicyclic) bond motifs is 4. The lowest BCUT2D eigenvalue weighted by Gasteiger charge is -2.18. The number of aromatic amines is 1. The zero-order valence-electron chi connectivity index (χ0n) is 19.6. The van der Waals surface area contributed by atoms with Crippen molar-refractivity contribution in [3.05, 3.63) is 106 Å². The van der Waals surface area contributed by atoms with Crippen LogP contribution < -0.4 is 10.2 Å². The van der Waals surface area contributed by atoms with E-state index in [1.165, 1.54) is 5.56 Å². The molecule has 6 nitrogen and oxygen atoms in total. The minimum Gasteiger partial charge on any atom is -0.347 e. The lowest BCUT2D eigenvalue weighted by Crippen LogP contribution is -2.28. The van der Waals surface area contributed by atoms with E-state index < -0.39 is 0 Å². The summed E-state index contributed by atoms with van der Waals surface area (Å²) in [6.45, 7) is 3.08. The topological polar surface area (TPSA) is 78.1 Å². The van der Waals surface area contributed by atoms with Gasteiger partial charge in [0.05, 0.1) is 5.69 Å². The predicted molar refractivity (Wildman–Crippen MR) is 136 cm³/mol. The van der Waals surface area contributed by atoms with Crippen molar-refractivity contribution in [3.63, 3.8) is 0 Å². The van der Waals surface area contributed by atoms with E-state index in [9.17, 15) is 9.59 Å². The second-order valence-electron chi connectivity index (χ2n) is 9.30. The summed E-state index contributed by atoms with van der Waals surface area (Å²) < 4.78 is 0. The highest BCUT2D eigenvalue weighted by atomic mass is 16.2. The molecule has 6 rings (SSSR count). The van der Waals surface area contributed by atoms with E-state index >= 15 is 0 Å². The Labute approximate surface area is 204 Å². The monoisotopic (exact) mass is 462 g/mol. The van der Waals surface area contributed by atoms with Crippen LogP contribution in [0.3, 0.4) is 0 Å². The Bertz CT molecular complexity index is 1470. The molecular weight excluding hydrogens is 436 g/mol. The summed E-state index contributed by atoms with van der Waals surface area (Å²) in [5.41, 5.74) is 9.67. The first-order valence-electron chi connectivity index (χ1n) is 12.0. The number of anilines is 1. The van der Waals surface area contributed by atoms with Crippen molar-refractivity contribution in [3.8, 4) is 11.3 Å². The van der Waals surface area contributed by atoms with Crippen molar-refractivity contribution in [1.29, 1.82) is 0 Å². The molecule has 0 saturated carbocycles. The molecule has 4 aromatic rings. The molecule has 1 aliphatic heterocycles. The summed E-state index contributed by atoms with van der Waals surface area (Å²) in [5, 5.41) is 10.5. The van der Waals surface area contributed by atoms with Crippen LogP contribution in [0.5, 0.6) is 0 Å². The number of carbonyl (C=O) groups is 2. The minimum atomic E-state index is -0.144. The first kappa shape index (κ1) is 21.4. The zero-order valence-corrected chi connectivity index (χ0v) is 19.6. The number of aryl methyl sites for hydroxylation is 2. The highest BCUT2D eigenvalue weighted by molar-refractivity contribution is 6.07. The summed E-state index contributed by atoms with van der Waals surface area (Å²) in [6, 6.07) is 22.0. The lowest BCUT2D eigenvalue weighted by molar-refractivity contribution is 0.0943. The highest BCUT2D eigenvalue weighted by Gasteiger charge is 2.27. The number of rotatable bonds is 4. The van der Waals surface area contributed by atoms with Crippen molar-refractivity contribution < 1.29 is 9.59 Å². The fourth-order valence-corrected chi connectivity index (χ4v) is 5.23. The van der Waals surface area contributed by atoms with Gasteiger partial charge in [-0.25, -0.2) is 0 Å². The molecule has 35 heavy (non-hydrogen) atoms. The van der Waals surface area contributed by atoms with Gasteiger partial charge in [-0.2, -0.15) is 5.10 Å². The lowest BCUT2D eigenvalue weighted by atomic mass is 9.89. The largest absolute Gasteiger partial charge is 0.347 e. The number of hydrogen-bond donors (Lipinski definition) is 2. The van der Waals surface area contributed by atoms with E-state index in [1.54, 1.807) is 0 Å². The third kappa shape index (κ3) is 3.81. The van der Waals surface area contributed by atoms with Crippen LogP contribution in [-0.2, 0) is 25.8 Å². The molecule has 0 saturated heterocycles. The fraction of sp³-hybridized carbons (Fsp3) is 0.207. The molecule has 0 bridgehead atoms. The van der Waals surface area contributed by atoms with E-state index in [1.807, 2.05) is 60.4 Å². The first-order chi connectivity index (χ1) is 17.1. The SMILES string of the molecule is Cc1cccc(C(=O)N2CCc3cc(CNC(=O)c4[nH]nc5c4CCc4ccccc4-5)ccc32)c1. The van der Waals surface area contributed by atoms with Crippen LogP contribution in [0.1, 0.15) is 48.7 Å². The van der Waals surface area contributed by atoms with Gasteiger partial charge in [-0.05, 0) is 61.1 Å². The maximum Gasteiger partial charge on any atom is 0.269 e. The normalized spacial score (nSPS) is 13.7. The second kappa shape index (κ2) is 8.55. The van der Waals surface area contributed by atoms with Crippen molar-refractivity contribution in [2.45, 2.75) is 32.7 Å². The predicted octanol–water partition coefficient (Wildman–Crippen LogP) is 4.62. The molecule has 0 spiro atoms. The number of benzene rings is 3. The zero-order chi connectivity index (χ0) is 23.9. The quantitative estimate of drug-likeness (QED) is 0.465. The van der Waals surface area contributed by atoms with E-state index in [2.05, 4.69) is 33.7 Å². The highest BCUT2D eigenvalue weighted by Crippen LogP contribution is 2.33. The Balaban J connectivity index is 1.16. The third-order valence-electron chi connectivity index (χ3n) is 7.01. The number of carbonyl (C=O) groups excluding carboxylic acids is 2. The van der Waals surface area contributed by atoms with Crippen LogP contribution in [0, 0.1) is 6.92 Å². The summed E-state index contributed by atoms with van der Waals surface area (Å²) in [5.74, 6) is -0.117. The van der Waals surface area contributed by atoms with Gasteiger partial charge in [0.2, 0.25) is 0 Å². The van der Waals surface area contributed by atoms with Crippen LogP contribution >= 0.6 is 0 Å². The number of amides is 2. The van der Waals surface area contributed by atoms with Gasteiger partial charge in [0, 0.05) is 35.5 Å². The van der Waals surface area contributed by atoms with Gasteiger partial charge >= 0.3 is 0 Å². The van der Waals surface area contributed by atoms with Gasteiger partial charge in [-0.15, -0.1) is 0 Å². The first-order valence-corrected chi connectivity index (χ1v) is 12.0. The maximum atomic E-state index is 13.0. The van der Waals surface area contributed by atoms with E-state index in [0.717, 1.165) is 58.5 Å². The van der Waals surface area contributed by atoms with Gasteiger partial charge in [-0.3, -0.25) is 14.7 Å². The number of aromatic nitrogens is 2. The summed E-state index contributed by atoms with van der Waals surface area (Å²) in [7, 11) is 0. The van der Waals surface area contributed by atoms with Crippen LogP contribution in [0.4, 0.5) is 5.69 Å². The molecule has 2 amide bonds. The summed E-state index contributed by atoms with van der Waals surface area (Å²) >= 11 is 0. The van der Waals surface area contributed by atoms with Gasteiger partial charge in [0.1, 0.15) is 5.69 Å². The van der Waals surface area contributed by atoms with Crippen molar-refractivity contribution in [2.75, 3.05) is 11.4 Å². The Morgan fingerprint density at radius 2 is 1.86 bits per heavy atom. The minimum absolute atomic E-state index is 0.0269. The molecule has 1 aromatic heterocycles.